The number of rotatable bonds is 15. The van der Waals surface area contributed by atoms with E-state index in [1.165, 1.54) is 7.11 Å². The molecule has 5 unspecified atom stereocenters. The van der Waals surface area contributed by atoms with E-state index in [0.717, 1.165) is 0 Å². The van der Waals surface area contributed by atoms with E-state index in [9.17, 15) is 4.79 Å². The molecule has 0 saturated carbocycles. The number of carboxylic acids is 1. The van der Waals surface area contributed by atoms with Crippen molar-refractivity contribution < 1.29 is 58.7 Å². The molecule has 1 aromatic rings. The van der Waals surface area contributed by atoms with Gasteiger partial charge in [-0.2, -0.15) is 0 Å². The maximum Gasteiger partial charge on any atom is 0.335 e. The minimum absolute atomic E-state index is 0.0449. The minimum Gasteiger partial charge on any atom is -0.478 e. The highest BCUT2D eigenvalue weighted by molar-refractivity contribution is 5.87. The number of aliphatic hydroxyl groups excluding tert-OH is 4. The van der Waals surface area contributed by atoms with Gasteiger partial charge in [-0.15, -0.1) is 0 Å². The van der Waals surface area contributed by atoms with Crippen molar-refractivity contribution in [2.45, 2.75) is 30.7 Å². The van der Waals surface area contributed by atoms with Crippen molar-refractivity contribution in [3.63, 3.8) is 0 Å². The molecule has 1 saturated heterocycles. The van der Waals surface area contributed by atoms with Crippen molar-refractivity contribution in [3.8, 4) is 0 Å². The predicted molar refractivity (Wildman–Crippen MR) is 117 cm³/mol. The molecule has 1 aromatic carbocycles. The monoisotopic (exact) mass is 492 g/mol. The molecule has 0 spiro atoms. The molecule has 0 aromatic heterocycles. The van der Waals surface area contributed by atoms with Crippen LogP contribution in [0.4, 0.5) is 0 Å². The number of carbonyl (C=O) groups is 1. The molecule has 0 bridgehead atoms. The van der Waals surface area contributed by atoms with Crippen molar-refractivity contribution in [1.29, 1.82) is 0 Å². The van der Waals surface area contributed by atoms with Gasteiger partial charge in [-0.1, -0.05) is 18.2 Å². The van der Waals surface area contributed by atoms with E-state index in [0.29, 0.717) is 5.56 Å². The zero-order valence-corrected chi connectivity index (χ0v) is 19.2. The molecule has 1 aliphatic heterocycles. The molecule has 34 heavy (non-hydrogen) atoms. The second kappa shape index (κ2) is 18.6. The Kier molecular flexibility index (Phi) is 16.6. The van der Waals surface area contributed by atoms with E-state index < -0.39 is 36.7 Å². The summed E-state index contributed by atoms with van der Waals surface area (Å²) >= 11 is 0. The number of carboxylic acid groups (broad SMARTS) is 1. The summed E-state index contributed by atoms with van der Waals surface area (Å²) in [6.45, 7) is -0.314. The average Bonchev–Trinajstić information content (AvgIpc) is 2.86. The first-order valence-corrected chi connectivity index (χ1v) is 10.9. The SMILES string of the molecule is COC1OC(COCCO)C(OCCO)C(OCCO)C1OCCO.O=C(O)c1ccccc1. The summed E-state index contributed by atoms with van der Waals surface area (Å²) < 4.78 is 33.4. The third-order valence-electron chi connectivity index (χ3n) is 4.57. The van der Waals surface area contributed by atoms with Crippen molar-refractivity contribution in [3.05, 3.63) is 35.9 Å². The molecule has 0 amide bonds. The number of benzene rings is 1. The highest BCUT2D eigenvalue weighted by Crippen LogP contribution is 2.29. The first kappa shape index (κ1) is 30.3. The lowest BCUT2D eigenvalue weighted by Gasteiger charge is -2.45. The molecule has 0 aliphatic carbocycles. The summed E-state index contributed by atoms with van der Waals surface area (Å²) in [4.78, 5) is 10.2. The fraction of sp³-hybridized carbons (Fsp3) is 0.682. The van der Waals surface area contributed by atoms with Crippen molar-refractivity contribution >= 4 is 5.97 Å². The van der Waals surface area contributed by atoms with Gasteiger partial charge >= 0.3 is 5.97 Å². The summed E-state index contributed by atoms with van der Waals surface area (Å²) in [5.74, 6) is -0.879. The molecule has 196 valence electrons. The fourth-order valence-electron chi connectivity index (χ4n) is 3.18. The van der Waals surface area contributed by atoms with Gasteiger partial charge in [-0.25, -0.2) is 4.79 Å². The highest BCUT2D eigenvalue weighted by atomic mass is 16.7. The Balaban J connectivity index is 0.000000533. The van der Waals surface area contributed by atoms with Crippen LogP contribution in [0.5, 0.6) is 0 Å². The number of aromatic carboxylic acids is 1. The van der Waals surface area contributed by atoms with Gasteiger partial charge in [0.25, 0.3) is 0 Å². The highest BCUT2D eigenvalue weighted by Gasteiger charge is 2.48. The van der Waals surface area contributed by atoms with Gasteiger partial charge in [0, 0.05) is 7.11 Å². The molecular formula is C22H36O12. The third kappa shape index (κ3) is 10.7. The number of methoxy groups -OCH3 is 1. The van der Waals surface area contributed by atoms with Crippen LogP contribution in [-0.4, -0.2) is 129 Å². The molecule has 12 heteroatoms. The molecule has 5 N–H and O–H groups in total. The largest absolute Gasteiger partial charge is 0.478 e. The van der Waals surface area contributed by atoms with Gasteiger partial charge in [0.2, 0.25) is 0 Å². The zero-order chi connectivity index (χ0) is 25.2. The molecule has 5 atom stereocenters. The van der Waals surface area contributed by atoms with Crippen LogP contribution in [0.15, 0.2) is 30.3 Å². The molecule has 2 rings (SSSR count). The summed E-state index contributed by atoms with van der Waals surface area (Å²) in [7, 11) is 1.45. The standard InChI is InChI=1S/C15H30O10.C7H6O2/c1-20-15-14(24-9-5-19)13(23-8-4-18)12(22-7-3-17)11(25-15)10-21-6-2-16;8-7(9)6-4-2-1-3-5-6/h11-19H,2-10H2,1H3;1-5H,(H,8,9). The van der Waals surface area contributed by atoms with E-state index in [-0.39, 0.29) is 59.5 Å². The Morgan fingerprint density at radius 2 is 1.35 bits per heavy atom. The maximum absolute atomic E-state index is 10.2. The lowest BCUT2D eigenvalue weighted by atomic mass is 9.98. The van der Waals surface area contributed by atoms with Gasteiger partial charge in [0.1, 0.15) is 24.4 Å². The summed E-state index contributed by atoms with van der Waals surface area (Å²) in [5, 5.41) is 44.4. The number of hydrogen-bond donors (Lipinski definition) is 5. The van der Waals surface area contributed by atoms with Crippen molar-refractivity contribution in [1.82, 2.24) is 0 Å². The lowest BCUT2D eigenvalue weighted by Crippen LogP contribution is -2.62. The van der Waals surface area contributed by atoms with Gasteiger partial charge < -0.3 is 54.0 Å². The molecule has 12 nitrogen and oxygen atoms in total. The van der Waals surface area contributed by atoms with Crippen molar-refractivity contribution in [2.24, 2.45) is 0 Å². The van der Waals surface area contributed by atoms with Crippen LogP contribution >= 0.6 is 0 Å². The molecule has 1 aliphatic rings. The second-order valence-electron chi connectivity index (χ2n) is 6.93. The van der Waals surface area contributed by atoms with Crippen LogP contribution in [0, 0.1) is 0 Å². The van der Waals surface area contributed by atoms with E-state index in [2.05, 4.69) is 0 Å². The Morgan fingerprint density at radius 3 is 1.82 bits per heavy atom. The first-order valence-electron chi connectivity index (χ1n) is 10.9. The molecule has 1 heterocycles. The van der Waals surface area contributed by atoms with E-state index in [1.54, 1.807) is 30.3 Å². The topological polar surface area (TPSA) is 174 Å². The van der Waals surface area contributed by atoms with Gasteiger partial charge in [0.05, 0.1) is 65.0 Å². The first-order chi connectivity index (χ1) is 16.5. The fourth-order valence-corrected chi connectivity index (χ4v) is 3.18. The van der Waals surface area contributed by atoms with Gasteiger partial charge in [0.15, 0.2) is 6.29 Å². The maximum atomic E-state index is 10.2. The Labute approximate surface area is 198 Å². The quantitative estimate of drug-likeness (QED) is 0.187. The van der Waals surface area contributed by atoms with Crippen LogP contribution in [-0.2, 0) is 28.4 Å². The van der Waals surface area contributed by atoms with Gasteiger partial charge in [-0.05, 0) is 12.1 Å². The molecular weight excluding hydrogens is 456 g/mol. The lowest BCUT2D eigenvalue weighted by molar-refractivity contribution is -0.319. The Bertz CT molecular complexity index is 632. The summed E-state index contributed by atoms with van der Waals surface area (Å²) in [6, 6.07) is 8.30. The Morgan fingerprint density at radius 1 is 0.824 bits per heavy atom. The zero-order valence-electron chi connectivity index (χ0n) is 19.2. The van der Waals surface area contributed by atoms with Crippen molar-refractivity contribution in [2.75, 3.05) is 66.6 Å². The van der Waals surface area contributed by atoms with Crippen LogP contribution in [0.3, 0.4) is 0 Å². The summed E-state index contributed by atoms with van der Waals surface area (Å²) in [5.41, 5.74) is 0.331. The van der Waals surface area contributed by atoms with E-state index in [1.807, 2.05) is 0 Å². The predicted octanol–water partition coefficient (Wildman–Crippen LogP) is -1.12. The second-order valence-corrected chi connectivity index (χ2v) is 6.93. The average molecular weight is 493 g/mol. The minimum atomic E-state index is -0.879. The number of aliphatic hydroxyl groups is 4. The number of hydrogen-bond acceptors (Lipinski definition) is 11. The van der Waals surface area contributed by atoms with Crippen LogP contribution < -0.4 is 0 Å². The Hall–Kier alpha value is -1.71. The van der Waals surface area contributed by atoms with Gasteiger partial charge in [-0.3, -0.25) is 0 Å². The van der Waals surface area contributed by atoms with Crippen LogP contribution in [0.1, 0.15) is 10.4 Å². The molecule has 1 fully saturated rings. The van der Waals surface area contributed by atoms with E-state index >= 15 is 0 Å². The smallest absolute Gasteiger partial charge is 0.335 e. The third-order valence-corrected chi connectivity index (χ3v) is 4.57. The molecule has 0 radical (unpaired) electrons. The van der Waals surface area contributed by atoms with Crippen LogP contribution in [0.2, 0.25) is 0 Å². The summed E-state index contributed by atoms with van der Waals surface area (Å²) in [6.07, 6.45) is -3.44. The van der Waals surface area contributed by atoms with Crippen LogP contribution in [0.25, 0.3) is 0 Å². The normalized spacial score (nSPS) is 24.3. The van der Waals surface area contributed by atoms with E-state index in [4.69, 9.17) is 54.0 Å². The number of ether oxygens (including phenoxy) is 6.